The van der Waals surface area contributed by atoms with Crippen molar-refractivity contribution in [3.05, 3.63) is 100 Å². The molecule has 1 aliphatic carbocycles. The van der Waals surface area contributed by atoms with Crippen molar-refractivity contribution >= 4 is 62.1 Å². The van der Waals surface area contributed by atoms with E-state index >= 15 is 0 Å². The van der Waals surface area contributed by atoms with Gasteiger partial charge in [-0.1, -0.05) is 53.2 Å². The molecule has 0 aromatic heterocycles. The van der Waals surface area contributed by atoms with Gasteiger partial charge in [-0.15, -0.1) is 6.58 Å². The number of carbonyl (C=O) groups is 1. The fourth-order valence-electron chi connectivity index (χ4n) is 3.20. The second-order valence-electron chi connectivity index (χ2n) is 7.57. The number of nitrogens with one attached hydrogen (secondary N) is 2. The third kappa shape index (κ3) is 8.22. The Hall–Kier alpha value is -3.05. The first-order chi connectivity index (χ1) is 17.6. The molecular formula is C25H23Cl2N3O5S2. The van der Waals surface area contributed by atoms with Crippen LogP contribution in [0.1, 0.15) is 5.56 Å². The summed E-state index contributed by atoms with van der Waals surface area (Å²) in [7, 11) is -2.95. The molecule has 1 unspecified atom stereocenters. The lowest BCUT2D eigenvalue weighted by Gasteiger charge is -2.23. The molecule has 0 saturated heterocycles. The van der Waals surface area contributed by atoms with Crippen LogP contribution in [-0.2, 0) is 25.5 Å². The average molecular weight is 581 g/mol. The van der Waals surface area contributed by atoms with Crippen LogP contribution in [0.15, 0.2) is 94.6 Å². The molecular weight excluding hydrogens is 557 g/mol. The molecule has 2 aromatic rings. The molecule has 12 heteroatoms. The maximum atomic E-state index is 12.8. The number of aliphatic imine (C=N–C) groups is 1. The van der Waals surface area contributed by atoms with E-state index in [0.29, 0.717) is 27.8 Å². The Labute approximate surface area is 229 Å². The van der Waals surface area contributed by atoms with Crippen LogP contribution in [-0.4, -0.2) is 44.3 Å². The molecule has 0 saturated carbocycles. The van der Waals surface area contributed by atoms with E-state index < -0.39 is 22.3 Å². The molecule has 8 nitrogen and oxygen atoms in total. The highest BCUT2D eigenvalue weighted by atomic mass is 35.5. The number of thioether (sulfide) groups is 1. The number of benzene rings is 2. The summed E-state index contributed by atoms with van der Waals surface area (Å²) in [6, 6.07) is 11.8. The summed E-state index contributed by atoms with van der Waals surface area (Å²) < 4.78 is 35.7. The van der Waals surface area contributed by atoms with E-state index in [0.717, 1.165) is 5.56 Å². The van der Waals surface area contributed by atoms with Crippen molar-refractivity contribution in [3.63, 3.8) is 0 Å². The number of ether oxygens (including phenoxy) is 1. The number of halogens is 2. The van der Waals surface area contributed by atoms with Gasteiger partial charge in [-0.05, 0) is 60.0 Å². The number of amides is 1. The van der Waals surface area contributed by atoms with E-state index in [1.165, 1.54) is 55.3 Å². The molecule has 37 heavy (non-hydrogen) atoms. The molecule has 1 aliphatic rings. The van der Waals surface area contributed by atoms with Gasteiger partial charge in [0.25, 0.3) is 0 Å². The lowest BCUT2D eigenvalue weighted by molar-refractivity contribution is 0.177. The normalized spacial score (nSPS) is 15.9. The van der Waals surface area contributed by atoms with Crippen molar-refractivity contribution in [3.8, 4) is 0 Å². The van der Waals surface area contributed by atoms with Crippen LogP contribution in [0.5, 0.6) is 0 Å². The van der Waals surface area contributed by atoms with Gasteiger partial charge in [0.05, 0.1) is 12.8 Å². The zero-order chi connectivity index (χ0) is 27.0. The van der Waals surface area contributed by atoms with Gasteiger partial charge in [-0.3, -0.25) is 5.32 Å². The monoisotopic (exact) mass is 579 g/mol. The summed E-state index contributed by atoms with van der Waals surface area (Å²) in [6.45, 7) is 3.67. The summed E-state index contributed by atoms with van der Waals surface area (Å²) in [5.74, 6) is 0.402. The first kappa shape index (κ1) is 28.5. The Morgan fingerprint density at radius 3 is 2.35 bits per heavy atom. The van der Waals surface area contributed by atoms with Crippen LogP contribution < -0.4 is 5.32 Å². The third-order valence-corrected chi connectivity index (χ3v) is 7.53. The highest BCUT2D eigenvalue weighted by Crippen LogP contribution is 2.27. The fraction of sp³-hybridized carbons (Fsp3) is 0.160. The zero-order valence-electron chi connectivity index (χ0n) is 19.6. The van der Waals surface area contributed by atoms with Gasteiger partial charge in [0.15, 0.2) is 5.17 Å². The molecule has 0 heterocycles. The topological polar surface area (TPSA) is 118 Å². The van der Waals surface area contributed by atoms with Gasteiger partial charge < -0.3 is 14.3 Å². The van der Waals surface area contributed by atoms with Crippen molar-refractivity contribution in [1.29, 1.82) is 5.41 Å². The van der Waals surface area contributed by atoms with E-state index in [2.05, 4.69) is 21.6 Å². The molecule has 1 amide bonds. The Kier molecular flexibility index (Phi) is 9.99. The highest BCUT2D eigenvalue weighted by Gasteiger charge is 2.27. The molecule has 0 bridgehead atoms. The Morgan fingerprint density at radius 2 is 1.76 bits per heavy atom. The van der Waals surface area contributed by atoms with E-state index in [1.807, 2.05) is 12.1 Å². The minimum atomic E-state index is -4.18. The van der Waals surface area contributed by atoms with Crippen molar-refractivity contribution < 1.29 is 22.1 Å². The van der Waals surface area contributed by atoms with Gasteiger partial charge in [0, 0.05) is 21.9 Å². The maximum Gasteiger partial charge on any atom is 0.412 e. The molecule has 3 rings (SSSR count). The second kappa shape index (κ2) is 13.0. The number of methoxy groups -OCH3 is 1. The van der Waals surface area contributed by atoms with Crippen LogP contribution in [0, 0.1) is 5.41 Å². The van der Waals surface area contributed by atoms with Gasteiger partial charge in [-0.25, -0.2) is 9.79 Å². The van der Waals surface area contributed by atoms with E-state index in [-0.39, 0.29) is 21.5 Å². The van der Waals surface area contributed by atoms with Gasteiger partial charge in [-0.2, -0.15) is 8.42 Å². The molecule has 0 fully saturated rings. The van der Waals surface area contributed by atoms with Gasteiger partial charge in [0.2, 0.25) is 0 Å². The molecule has 194 valence electrons. The summed E-state index contributed by atoms with van der Waals surface area (Å²) >= 11 is 13.1. The quantitative estimate of drug-likeness (QED) is 0.177. The lowest BCUT2D eigenvalue weighted by atomic mass is 9.91. The van der Waals surface area contributed by atoms with E-state index in [4.69, 9.17) is 32.8 Å². The van der Waals surface area contributed by atoms with Gasteiger partial charge >= 0.3 is 16.2 Å². The number of hydrogen-bond acceptors (Lipinski definition) is 8. The number of rotatable bonds is 8. The number of allylic oxidation sites excluding steroid dienone is 1. The summed E-state index contributed by atoms with van der Waals surface area (Å²) in [6.07, 6.45) is 4.05. The smallest absolute Gasteiger partial charge is 0.412 e. The Bertz CT molecular complexity index is 1370. The summed E-state index contributed by atoms with van der Waals surface area (Å²) in [4.78, 5) is 16.3. The van der Waals surface area contributed by atoms with E-state index in [1.54, 1.807) is 18.2 Å². The van der Waals surface area contributed by atoms with Crippen molar-refractivity contribution in [2.75, 3.05) is 12.9 Å². The minimum absolute atomic E-state index is 0.0314. The third-order valence-electron chi connectivity index (χ3n) is 4.88. The molecule has 0 spiro atoms. The number of alkyl carbamates (subject to hydrolysis) is 1. The van der Waals surface area contributed by atoms with Crippen LogP contribution in [0.3, 0.4) is 0 Å². The van der Waals surface area contributed by atoms with Gasteiger partial charge in [0.1, 0.15) is 16.7 Å². The predicted molar refractivity (Wildman–Crippen MR) is 148 cm³/mol. The average Bonchev–Trinajstić information content (AvgIpc) is 2.85. The number of carbonyl (C=O) groups excluding carboxylic acids is 1. The fourth-order valence-corrected chi connectivity index (χ4v) is 4.97. The largest absolute Gasteiger partial charge is 0.453 e. The summed E-state index contributed by atoms with van der Waals surface area (Å²) in [5, 5.41) is 12.3. The number of amidine groups is 1. The lowest BCUT2D eigenvalue weighted by Crippen LogP contribution is -2.32. The standard InChI is InChI=1S/C25H23Cl2N3O5S2/c1-3-12-36-24(30-25(31)34-2)29-23-17(13-16-4-6-18(26)7-5-16)14-20(15-22(23)28)35-37(32,33)21-10-8-19(27)9-11-21/h3-11,14-15,23,28H,1,12-13H2,2H3,(H,29,30,31). The first-order valence-corrected chi connectivity index (χ1v) is 13.9. The van der Waals surface area contributed by atoms with Crippen molar-refractivity contribution in [2.24, 2.45) is 4.99 Å². The maximum absolute atomic E-state index is 12.8. The van der Waals surface area contributed by atoms with E-state index in [9.17, 15) is 13.2 Å². The SMILES string of the molecule is C=CCSC(=NC1C(=N)C=C(OS(=O)(=O)c2ccc(Cl)cc2)C=C1Cc1ccc(Cl)cc1)NC(=O)OC. The van der Waals surface area contributed by atoms with Crippen LogP contribution in [0.25, 0.3) is 0 Å². The minimum Gasteiger partial charge on any atom is -0.453 e. The van der Waals surface area contributed by atoms with Crippen molar-refractivity contribution in [1.82, 2.24) is 5.32 Å². The molecule has 2 aromatic carbocycles. The Balaban J connectivity index is 1.98. The molecule has 1 atom stereocenters. The number of nitrogens with zero attached hydrogens (tertiary/aromatic N) is 1. The highest BCUT2D eigenvalue weighted by molar-refractivity contribution is 8.14. The van der Waals surface area contributed by atoms with Crippen LogP contribution in [0.2, 0.25) is 10.0 Å². The zero-order valence-corrected chi connectivity index (χ0v) is 22.8. The van der Waals surface area contributed by atoms with Crippen LogP contribution >= 0.6 is 35.0 Å². The summed E-state index contributed by atoms with van der Waals surface area (Å²) in [5.41, 5.74) is 1.39. The van der Waals surface area contributed by atoms with Crippen molar-refractivity contribution in [2.45, 2.75) is 17.4 Å². The first-order valence-electron chi connectivity index (χ1n) is 10.7. The van der Waals surface area contributed by atoms with Crippen LogP contribution in [0.4, 0.5) is 4.79 Å². The second-order valence-corrected chi connectivity index (χ2v) is 11.0. The number of hydrogen-bond donors (Lipinski definition) is 2. The molecule has 0 aliphatic heterocycles. The predicted octanol–water partition coefficient (Wildman–Crippen LogP) is 5.78. The molecule has 2 N–H and O–H groups in total. The Morgan fingerprint density at radius 1 is 1.14 bits per heavy atom. The molecule has 0 radical (unpaired) electrons.